The monoisotopic (exact) mass is 255 g/mol. The first-order valence-electron chi connectivity index (χ1n) is 6.36. The first kappa shape index (κ1) is 12.7. The zero-order valence-corrected chi connectivity index (χ0v) is 11.0. The maximum atomic E-state index is 13.5. The van der Waals surface area contributed by atoms with Crippen LogP contribution in [0.15, 0.2) is 18.2 Å². The van der Waals surface area contributed by atoms with Crippen molar-refractivity contribution >= 4 is 17.3 Å². The number of rotatable bonds is 4. The van der Waals surface area contributed by atoms with Crippen LogP contribution in [0.25, 0.3) is 0 Å². The highest BCUT2D eigenvalue weighted by Gasteiger charge is 2.22. The van der Waals surface area contributed by atoms with Gasteiger partial charge in [0.05, 0.1) is 0 Å². The highest BCUT2D eigenvalue weighted by molar-refractivity contribution is 6.17. The third-order valence-corrected chi connectivity index (χ3v) is 3.84. The molecular weight excluding hydrogens is 237 g/mol. The van der Waals surface area contributed by atoms with Crippen LogP contribution in [0.1, 0.15) is 38.2 Å². The van der Waals surface area contributed by atoms with Gasteiger partial charge in [-0.05, 0) is 43.5 Å². The summed E-state index contributed by atoms with van der Waals surface area (Å²) in [6.45, 7) is 3.05. The minimum absolute atomic E-state index is 0.186. The number of hydrogen-bond donors (Lipinski definition) is 0. The first-order valence-corrected chi connectivity index (χ1v) is 6.90. The summed E-state index contributed by atoms with van der Waals surface area (Å²) in [7, 11) is 0. The molecule has 1 nitrogen and oxygen atoms in total. The molecule has 2 rings (SSSR count). The second-order valence-electron chi connectivity index (χ2n) is 4.68. The van der Waals surface area contributed by atoms with Crippen LogP contribution >= 0.6 is 11.6 Å². The van der Waals surface area contributed by atoms with Crippen molar-refractivity contribution in [2.45, 2.75) is 44.5 Å². The van der Waals surface area contributed by atoms with Gasteiger partial charge in [0.1, 0.15) is 5.82 Å². The Bertz CT molecular complexity index is 374. The quantitative estimate of drug-likeness (QED) is 0.724. The van der Waals surface area contributed by atoms with Crippen LogP contribution in [0.5, 0.6) is 0 Å². The maximum absolute atomic E-state index is 13.5. The second-order valence-corrected chi connectivity index (χ2v) is 4.94. The Balaban J connectivity index is 2.25. The maximum Gasteiger partial charge on any atom is 0.125 e. The number of alkyl halides is 1. The number of benzene rings is 1. The lowest BCUT2D eigenvalue weighted by Crippen LogP contribution is -2.33. The molecule has 94 valence electrons. The standard InChI is InChI=1S/C14H19ClFN/c1-2-17(13-5-3-4-6-13)14-8-11(10-15)7-12(16)9-14/h7-9,13H,2-6,10H2,1H3. The molecule has 1 aliphatic rings. The molecule has 0 atom stereocenters. The highest BCUT2D eigenvalue weighted by atomic mass is 35.5. The molecule has 0 radical (unpaired) electrons. The molecule has 1 aromatic carbocycles. The zero-order chi connectivity index (χ0) is 12.3. The lowest BCUT2D eigenvalue weighted by Gasteiger charge is -2.30. The van der Waals surface area contributed by atoms with Crippen molar-refractivity contribution in [3.05, 3.63) is 29.6 Å². The summed E-state index contributed by atoms with van der Waals surface area (Å²) in [5.41, 5.74) is 1.84. The molecular formula is C14H19ClFN. The fourth-order valence-electron chi connectivity index (χ4n) is 2.74. The van der Waals surface area contributed by atoms with E-state index in [1.807, 2.05) is 6.07 Å². The Hall–Kier alpha value is -0.760. The van der Waals surface area contributed by atoms with E-state index < -0.39 is 0 Å². The number of anilines is 1. The van der Waals surface area contributed by atoms with Crippen LogP contribution in [0.3, 0.4) is 0 Å². The summed E-state index contributed by atoms with van der Waals surface area (Å²) < 4.78 is 13.5. The third-order valence-electron chi connectivity index (χ3n) is 3.53. The SMILES string of the molecule is CCN(c1cc(F)cc(CCl)c1)C1CCCC1. The molecule has 0 unspecified atom stereocenters. The van der Waals surface area contributed by atoms with Crippen LogP contribution in [-0.2, 0) is 5.88 Å². The van der Waals surface area contributed by atoms with Crippen molar-refractivity contribution in [2.24, 2.45) is 0 Å². The Morgan fingerprint density at radius 3 is 2.59 bits per heavy atom. The van der Waals surface area contributed by atoms with Gasteiger partial charge in [-0.1, -0.05) is 12.8 Å². The van der Waals surface area contributed by atoms with Gasteiger partial charge in [0.2, 0.25) is 0 Å². The summed E-state index contributed by atoms with van der Waals surface area (Å²) in [4.78, 5) is 2.31. The Morgan fingerprint density at radius 2 is 2.00 bits per heavy atom. The van der Waals surface area contributed by atoms with Gasteiger partial charge in [0, 0.05) is 24.2 Å². The van der Waals surface area contributed by atoms with E-state index in [0.717, 1.165) is 17.8 Å². The van der Waals surface area contributed by atoms with Gasteiger partial charge in [-0.2, -0.15) is 0 Å². The van der Waals surface area contributed by atoms with Crippen molar-refractivity contribution in [3.8, 4) is 0 Å². The largest absolute Gasteiger partial charge is 0.369 e. The normalized spacial score (nSPS) is 16.4. The van der Waals surface area contributed by atoms with Crippen molar-refractivity contribution in [3.63, 3.8) is 0 Å². The summed E-state index contributed by atoms with van der Waals surface area (Å²) in [5.74, 6) is 0.182. The van der Waals surface area contributed by atoms with E-state index in [2.05, 4.69) is 11.8 Å². The molecule has 1 aromatic rings. The van der Waals surface area contributed by atoms with Gasteiger partial charge in [-0.15, -0.1) is 11.6 Å². The predicted octanol–water partition coefficient (Wildman–Crippen LogP) is 4.33. The molecule has 3 heteroatoms. The van der Waals surface area contributed by atoms with E-state index in [9.17, 15) is 4.39 Å². The summed E-state index contributed by atoms with van der Waals surface area (Å²) in [6.07, 6.45) is 5.03. The van der Waals surface area contributed by atoms with Gasteiger partial charge in [-0.25, -0.2) is 4.39 Å². The first-order chi connectivity index (χ1) is 8.24. The smallest absolute Gasteiger partial charge is 0.125 e. The molecule has 0 spiro atoms. The molecule has 0 N–H and O–H groups in total. The molecule has 0 heterocycles. The van der Waals surface area contributed by atoms with Crippen LogP contribution < -0.4 is 4.90 Å². The fraction of sp³-hybridized carbons (Fsp3) is 0.571. The van der Waals surface area contributed by atoms with Crippen molar-refractivity contribution < 1.29 is 4.39 Å². The number of hydrogen-bond acceptors (Lipinski definition) is 1. The lowest BCUT2D eigenvalue weighted by atomic mass is 10.1. The third kappa shape index (κ3) is 2.92. The van der Waals surface area contributed by atoms with Gasteiger partial charge in [0.25, 0.3) is 0 Å². The summed E-state index contributed by atoms with van der Waals surface area (Å²) in [5, 5.41) is 0. The van der Waals surface area contributed by atoms with E-state index in [1.54, 1.807) is 6.07 Å². The zero-order valence-electron chi connectivity index (χ0n) is 10.3. The molecule has 1 saturated carbocycles. The van der Waals surface area contributed by atoms with Crippen LogP contribution in [-0.4, -0.2) is 12.6 Å². The van der Waals surface area contributed by atoms with Crippen molar-refractivity contribution in [1.29, 1.82) is 0 Å². The van der Waals surface area contributed by atoms with Gasteiger partial charge < -0.3 is 4.90 Å². The van der Waals surface area contributed by atoms with E-state index in [4.69, 9.17) is 11.6 Å². The molecule has 1 fully saturated rings. The Kier molecular flexibility index (Phi) is 4.27. The minimum Gasteiger partial charge on any atom is -0.369 e. The average Bonchev–Trinajstić information content (AvgIpc) is 2.83. The molecule has 0 amide bonds. The number of halogens is 2. The average molecular weight is 256 g/mol. The van der Waals surface area contributed by atoms with Gasteiger partial charge in [0.15, 0.2) is 0 Å². The topological polar surface area (TPSA) is 3.24 Å². The molecule has 0 aliphatic heterocycles. The molecule has 0 saturated heterocycles. The van der Waals surface area contributed by atoms with Crippen molar-refractivity contribution in [2.75, 3.05) is 11.4 Å². The predicted molar refractivity (Wildman–Crippen MR) is 71.2 cm³/mol. The van der Waals surface area contributed by atoms with E-state index in [-0.39, 0.29) is 5.82 Å². The second kappa shape index (κ2) is 5.72. The van der Waals surface area contributed by atoms with Crippen molar-refractivity contribution in [1.82, 2.24) is 0 Å². The molecule has 1 aliphatic carbocycles. The highest BCUT2D eigenvalue weighted by Crippen LogP contribution is 2.29. The molecule has 17 heavy (non-hydrogen) atoms. The molecule has 0 bridgehead atoms. The van der Waals surface area contributed by atoms with E-state index in [1.165, 1.54) is 31.7 Å². The summed E-state index contributed by atoms with van der Waals surface area (Å²) in [6, 6.07) is 5.72. The Morgan fingerprint density at radius 1 is 1.29 bits per heavy atom. The van der Waals surface area contributed by atoms with E-state index >= 15 is 0 Å². The Labute approximate surface area is 108 Å². The summed E-state index contributed by atoms with van der Waals surface area (Å²) >= 11 is 5.79. The van der Waals surface area contributed by atoms with Gasteiger partial charge in [-0.3, -0.25) is 0 Å². The van der Waals surface area contributed by atoms with Gasteiger partial charge >= 0.3 is 0 Å². The van der Waals surface area contributed by atoms with Crippen LogP contribution in [0.2, 0.25) is 0 Å². The van der Waals surface area contributed by atoms with Crippen LogP contribution in [0, 0.1) is 5.82 Å². The fourth-order valence-corrected chi connectivity index (χ4v) is 2.90. The van der Waals surface area contributed by atoms with Crippen LogP contribution in [0.4, 0.5) is 10.1 Å². The minimum atomic E-state index is -0.186. The van der Waals surface area contributed by atoms with E-state index in [0.29, 0.717) is 11.9 Å². The number of nitrogens with zero attached hydrogens (tertiary/aromatic N) is 1. The lowest BCUT2D eigenvalue weighted by molar-refractivity contribution is 0.605. The molecule has 0 aromatic heterocycles.